The Balaban J connectivity index is 1.97. The van der Waals surface area contributed by atoms with Crippen molar-refractivity contribution < 1.29 is 4.42 Å². The monoisotopic (exact) mass is 252 g/mol. The second-order valence-corrected chi connectivity index (χ2v) is 6.05. The fourth-order valence-corrected chi connectivity index (χ4v) is 1.89. The zero-order chi connectivity index (χ0) is 13.4. The summed E-state index contributed by atoms with van der Waals surface area (Å²) in [6, 6.07) is 3.98. The van der Waals surface area contributed by atoms with Gasteiger partial charge in [-0.25, -0.2) is 0 Å². The Morgan fingerprint density at radius 1 is 1.22 bits per heavy atom. The molecule has 3 nitrogen and oxygen atoms in total. The molecule has 3 heteroatoms. The van der Waals surface area contributed by atoms with Crippen molar-refractivity contribution in [2.45, 2.75) is 52.1 Å². The van der Waals surface area contributed by atoms with Crippen LogP contribution in [-0.2, 0) is 6.54 Å². The number of hydrogen-bond donors (Lipinski definition) is 1. The lowest BCUT2D eigenvalue weighted by molar-refractivity contribution is 0.287. The van der Waals surface area contributed by atoms with E-state index in [4.69, 9.17) is 4.42 Å². The fourth-order valence-electron chi connectivity index (χ4n) is 1.89. The van der Waals surface area contributed by atoms with E-state index >= 15 is 0 Å². The van der Waals surface area contributed by atoms with Gasteiger partial charge in [0.15, 0.2) is 0 Å². The van der Waals surface area contributed by atoms with E-state index in [2.05, 4.69) is 38.0 Å². The number of furan rings is 1. The zero-order valence-electron chi connectivity index (χ0n) is 12.3. The number of nitrogens with one attached hydrogen (secondary N) is 1. The Kier molecular flexibility index (Phi) is 6.44. The average Bonchev–Trinajstić information content (AvgIpc) is 2.74. The highest BCUT2D eigenvalue weighted by Gasteiger charge is 2.07. The van der Waals surface area contributed by atoms with Crippen molar-refractivity contribution in [1.82, 2.24) is 10.2 Å². The molecule has 1 heterocycles. The van der Waals surface area contributed by atoms with Crippen LogP contribution >= 0.6 is 0 Å². The molecule has 0 saturated heterocycles. The maximum absolute atomic E-state index is 5.33. The Bertz CT molecular complexity index is 301. The van der Waals surface area contributed by atoms with Gasteiger partial charge in [0.1, 0.15) is 5.76 Å². The summed E-state index contributed by atoms with van der Waals surface area (Å²) in [7, 11) is 2.15. The molecular formula is C15H28N2O. The molecule has 0 saturated carbocycles. The molecule has 1 aromatic rings. The van der Waals surface area contributed by atoms with E-state index in [-0.39, 0.29) is 5.54 Å². The lowest BCUT2D eigenvalue weighted by Gasteiger charge is -2.20. The maximum atomic E-state index is 5.33. The van der Waals surface area contributed by atoms with Crippen LogP contribution in [0.4, 0.5) is 0 Å². The van der Waals surface area contributed by atoms with Crippen LogP contribution in [-0.4, -0.2) is 30.6 Å². The van der Waals surface area contributed by atoms with Crippen LogP contribution in [0.15, 0.2) is 22.8 Å². The molecule has 0 radical (unpaired) electrons. The quantitative estimate of drug-likeness (QED) is 0.720. The fraction of sp³-hybridized carbons (Fsp3) is 0.733. The zero-order valence-corrected chi connectivity index (χ0v) is 12.3. The Hall–Kier alpha value is -0.800. The summed E-state index contributed by atoms with van der Waals surface area (Å²) in [5.41, 5.74) is 0.246. The summed E-state index contributed by atoms with van der Waals surface area (Å²) in [5, 5.41) is 3.52. The van der Waals surface area contributed by atoms with E-state index in [0.717, 1.165) is 25.4 Å². The molecule has 0 amide bonds. The molecule has 0 aliphatic carbocycles. The molecule has 0 spiro atoms. The minimum Gasteiger partial charge on any atom is -0.468 e. The lowest BCUT2D eigenvalue weighted by atomic mass is 10.1. The van der Waals surface area contributed by atoms with Gasteiger partial charge in [-0.15, -0.1) is 0 Å². The first kappa shape index (κ1) is 15.3. The van der Waals surface area contributed by atoms with Crippen molar-refractivity contribution in [3.63, 3.8) is 0 Å². The third-order valence-corrected chi connectivity index (χ3v) is 2.88. The smallest absolute Gasteiger partial charge is 0.117 e. The van der Waals surface area contributed by atoms with Gasteiger partial charge in [-0.05, 0) is 65.9 Å². The van der Waals surface area contributed by atoms with E-state index in [1.165, 1.54) is 19.3 Å². The van der Waals surface area contributed by atoms with Crippen molar-refractivity contribution in [3.05, 3.63) is 24.2 Å². The van der Waals surface area contributed by atoms with Crippen molar-refractivity contribution in [1.29, 1.82) is 0 Å². The van der Waals surface area contributed by atoms with Gasteiger partial charge in [-0.1, -0.05) is 6.42 Å². The highest BCUT2D eigenvalue weighted by molar-refractivity contribution is 4.97. The highest BCUT2D eigenvalue weighted by Crippen LogP contribution is 2.06. The SMILES string of the molecule is CN(CCCCCNC(C)(C)C)Cc1ccco1. The van der Waals surface area contributed by atoms with E-state index in [9.17, 15) is 0 Å². The third kappa shape index (κ3) is 7.51. The van der Waals surface area contributed by atoms with E-state index in [0.29, 0.717) is 0 Å². The van der Waals surface area contributed by atoms with E-state index in [1.807, 2.05) is 12.1 Å². The lowest BCUT2D eigenvalue weighted by Crippen LogP contribution is -2.36. The van der Waals surface area contributed by atoms with E-state index in [1.54, 1.807) is 6.26 Å². The second kappa shape index (κ2) is 7.59. The normalized spacial score (nSPS) is 12.3. The van der Waals surface area contributed by atoms with Crippen LogP contribution in [0.2, 0.25) is 0 Å². The van der Waals surface area contributed by atoms with Gasteiger partial charge in [0, 0.05) is 5.54 Å². The minimum atomic E-state index is 0.246. The first-order chi connectivity index (χ1) is 8.47. The molecule has 1 rings (SSSR count). The molecule has 18 heavy (non-hydrogen) atoms. The van der Waals surface area contributed by atoms with Crippen molar-refractivity contribution in [2.75, 3.05) is 20.1 Å². The Labute approximate surface area is 112 Å². The van der Waals surface area contributed by atoms with Gasteiger partial charge >= 0.3 is 0 Å². The van der Waals surface area contributed by atoms with Gasteiger partial charge < -0.3 is 9.73 Å². The van der Waals surface area contributed by atoms with Gasteiger partial charge in [-0.3, -0.25) is 4.90 Å². The molecule has 0 unspecified atom stereocenters. The molecule has 0 atom stereocenters. The summed E-state index contributed by atoms with van der Waals surface area (Å²) >= 11 is 0. The number of nitrogens with zero attached hydrogens (tertiary/aromatic N) is 1. The van der Waals surface area contributed by atoms with Crippen molar-refractivity contribution in [3.8, 4) is 0 Å². The van der Waals surface area contributed by atoms with Gasteiger partial charge in [0.2, 0.25) is 0 Å². The summed E-state index contributed by atoms with van der Waals surface area (Å²) < 4.78 is 5.33. The predicted octanol–water partition coefficient (Wildman–Crippen LogP) is 3.27. The maximum Gasteiger partial charge on any atom is 0.117 e. The second-order valence-electron chi connectivity index (χ2n) is 6.05. The summed E-state index contributed by atoms with van der Waals surface area (Å²) in [6.45, 7) is 9.80. The molecule has 0 fully saturated rings. The molecule has 104 valence electrons. The predicted molar refractivity (Wildman–Crippen MR) is 76.6 cm³/mol. The molecule has 0 aromatic carbocycles. The Morgan fingerprint density at radius 3 is 2.61 bits per heavy atom. The highest BCUT2D eigenvalue weighted by atomic mass is 16.3. The van der Waals surface area contributed by atoms with Gasteiger partial charge in [0.25, 0.3) is 0 Å². The summed E-state index contributed by atoms with van der Waals surface area (Å²) in [4.78, 5) is 2.32. The molecule has 1 aromatic heterocycles. The first-order valence-corrected chi connectivity index (χ1v) is 6.93. The summed E-state index contributed by atoms with van der Waals surface area (Å²) in [5.74, 6) is 1.05. The molecule has 0 aliphatic rings. The average molecular weight is 252 g/mol. The minimum absolute atomic E-state index is 0.246. The van der Waals surface area contributed by atoms with Crippen LogP contribution in [0.5, 0.6) is 0 Å². The third-order valence-electron chi connectivity index (χ3n) is 2.88. The van der Waals surface area contributed by atoms with Gasteiger partial charge in [0.05, 0.1) is 12.8 Å². The van der Waals surface area contributed by atoms with Crippen molar-refractivity contribution in [2.24, 2.45) is 0 Å². The van der Waals surface area contributed by atoms with Crippen LogP contribution in [0.3, 0.4) is 0 Å². The van der Waals surface area contributed by atoms with Gasteiger partial charge in [-0.2, -0.15) is 0 Å². The van der Waals surface area contributed by atoms with Crippen molar-refractivity contribution >= 4 is 0 Å². The largest absolute Gasteiger partial charge is 0.468 e. The summed E-state index contributed by atoms with van der Waals surface area (Å²) in [6.07, 6.45) is 5.53. The molecule has 0 bridgehead atoms. The van der Waals surface area contributed by atoms with Crippen LogP contribution in [0.25, 0.3) is 0 Å². The van der Waals surface area contributed by atoms with Crippen LogP contribution in [0.1, 0.15) is 45.8 Å². The Morgan fingerprint density at radius 2 is 2.00 bits per heavy atom. The number of unbranched alkanes of at least 4 members (excludes halogenated alkanes) is 2. The molecule has 1 N–H and O–H groups in total. The molecule has 0 aliphatic heterocycles. The number of rotatable bonds is 8. The van der Waals surface area contributed by atoms with E-state index < -0.39 is 0 Å². The topological polar surface area (TPSA) is 28.4 Å². The number of hydrogen-bond acceptors (Lipinski definition) is 3. The molecular weight excluding hydrogens is 224 g/mol. The standard InChI is InChI=1S/C15H28N2O/c1-15(2,3)16-10-6-5-7-11-17(4)13-14-9-8-12-18-14/h8-9,12,16H,5-7,10-11,13H2,1-4H3. The van der Waals surface area contributed by atoms with Crippen LogP contribution < -0.4 is 5.32 Å². The van der Waals surface area contributed by atoms with Crippen LogP contribution in [0, 0.1) is 0 Å². The first-order valence-electron chi connectivity index (χ1n) is 6.93.